The summed E-state index contributed by atoms with van der Waals surface area (Å²) in [5.41, 5.74) is 5.12. The van der Waals surface area contributed by atoms with Crippen LogP contribution in [0.1, 0.15) is 19.3 Å². The summed E-state index contributed by atoms with van der Waals surface area (Å²) in [4.78, 5) is 11.1. The second kappa shape index (κ2) is 4.50. The summed E-state index contributed by atoms with van der Waals surface area (Å²) in [5.74, 6) is -3.26. The van der Waals surface area contributed by atoms with Crippen LogP contribution in [0.3, 0.4) is 0 Å². The van der Waals surface area contributed by atoms with Crippen molar-refractivity contribution in [2.24, 2.45) is 5.73 Å². The van der Waals surface area contributed by atoms with Crippen LogP contribution >= 0.6 is 0 Å². The van der Waals surface area contributed by atoms with E-state index >= 15 is 0 Å². The number of alkyl halides is 2. The van der Waals surface area contributed by atoms with Gasteiger partial charge in [-0.1, -0.05) is 6.08 Å². The summed E-state index contributed by atoms with van der Waals surface area (Å²) < 4.78 is 26.1. The molecule has 1 unspecified atom stereocenters. The number of nitrogens with two attached hydrogens (primary N) is 1. The van der Waals surface area contributed by atoms with Gasteiger partial charge in [-0.25, -0.2) is 8.78 Å². The highest BCUT2D eigenvalue weighted by Crippen LogP contribution is 2.34. The molecule has 0 aliphatic heterocycles. The molecule has 3 nitrogen and oxygen atoms in total. The molecule has 14 heavy (non-hydrogen) atoms. The van der Waals surface area contributed by atoms with Crippen LogP contribution in [0.2, 0.25) is 0 Å². The van der Waals surface area contributed by atoms with Crippen LogP contribution in [0.4, 0.5) is 8.78 Å². The molecule has 0 aromatic rings. The molecule has 5 heteroatoms. The van der Waals surface area contributed by atoms with Gasteiger partial charge in [0.2, 0.25) is 5.91 Å². The van der Waals surface area contributed by atoms with Gasteiger partial charge in [-0.2, -0.15) is 0 Å². The zero-order valence-electron chi connectivity index (χ0n) is 7.80. The minimum Gasteiger partial charge on any atom is -0.344 e. The first kappa shape index (κ1) is 11.1. The van der Waals surface area contributed by atoms with Crippen LogP contribution in [0.15, 0.2) is 12.2 Å². The third-order valence-corrected chi connectivity index (χ3v) is 2.23. The zero-order chi connectivity index (χ0) is 10.6. The minimum absolute atomic E-state index is 0.140. The molecule has 80 valence electrons. The Labute approximate surface area is 81.3 Å². The van der Waals surface area contributed by atoms with Crippen molar-refractivity contribution in [3.05, 3.63) is 12.2 Å². The van der Waals surface area contributed by atoms with Crippen LogP contribution in [0, 0.1) is 0 Å². The first-order valence-electron chi connectivity index (χ1n) is 4.61. The molecule has 0 aromatic heterocycles. The fourth-order valence-corrected chi connectivity index (χ4v) is 1.50. The Morgan fingerprint density at radius 3 is 2.86 bits per heavy atom. The second-order valence-corrected chi connectivity index (χ2v) is 3.35. The zero-order valence-corrected chi connectivity index (χ0v) is 7.80. The molecule has 0 radical (unpaired) electrons. The number of halogens is 2. The van der Waals surface area contributed by atoms with Crippen molar-refractivity contribution in [1.29, 1.82) is 0 Å². The molecule has 0 heterocycles. The first-order valence-corrected chi connectivity index (χ1v) is 4.61. The smallest absolute Gasteiger partial charge is 0.267 e. The summed E-state index contributed by atoms with van der Waals surface area (Å²) in [6.07, 6.45) is 3.28. The van der Waals surface area contributed by atoms with Crippen molar-refractivity contribution in [2.45, 2.75) is 31.2 Å². The number of hydrogen-bond acceptors (Lipinski definition) is 2. The van der Waals surface area contributed by atoms with Gasteiger partial charge < -0.3 is 11.1 Å². The average molecular weight is 204 g/mol. The van der Waals surface area contributed by atoms with E-state index in [2.05, 4.69) is 5.32 Å². The van der Waals surface area contributed by atoms with E-state index in [9.17, 15) is 13.6 Å². The van der Waals surface area contributed by atoms with Gasteiger partial charge in [0.05, 0.1) is 6.04 Å². The predicted octanol–water partition coefficient (Wildman–Crippen LogP) is 0.805. The summed E-state index contributed by atoms with van der Waals surface area (Å²) >= 11 is 0. The van der Waals surface area contributed by atoms with Gasteiger partial charge in [0.15, 0.2) is 0 Å². The van der Waals surface area contributed by atoms with Crippen LogP contribution in [0.25, 0.3) is 0 Å². The van der Waals surface area contributed by atoms with Gasteiger partial charge in [0, 0.05) is 19.0 Å². The number of rotatable bonds is 3. The highest BCUT2D eigenvalue weighted by molar-refractivity contribution is 5.87. The van der Waals surface area contributed by atoms with E-state index in [1.165, 1.54) is 12.2 Å². The molecule has 0 spiro atoms. The Bertz CT molecular complexity index is 241. The van der Waals surface area contributed by atoms with E-state index in [0.717, 1.165) is 0 Å². The Hall–Kier alpha value is -0.970. The van der Waals surface area contributed by atoms with E-state index in [1.54, 1.807) is 0 Å². The van der Waals surface area contributed by atoms with E-state index in [4.69, 9.17) is 5.73 Å². The molecule has 1 amide bonds. The normalized spacial score (nSPS) is 25.5. The van der Waals surface area contributed by atoms with Crippen molar-refractivity contribution in [1.82, 2.24) is 5.32 Å². The van der Waals surface area contributed by atoms with Crippen molar-refractivity contribution < 1.29 is 13.6 Å². The highest BCUT2D eigenvalue weighted by atomic mass is 19.3. The number of hydrogen-bond donors (Lipinski definition) is 2. The van der Waals surface area contributed by atoms with E-state index in [-0.39, 0.29) is 13.0 Å². The van der Waals surface area contributed by atoms with Gasteiger partial charge in [0.1, 0.15) is 0 Å². The Morgan fingerprint density at radius 1 is 1.64 bits per heavy atom. The van der Waals surface area contributed by atoms with Crippen molar-refractivity contribution >= 4 is 5.91 Å². The van der Waals surface area contributed by atoms with Crippen LogP contribution in [-0.4, -0.2) is 24.4 Å². The van der Waals surface area contributed by atoms with Gasteiger partial charge in [-0.15, -0.1) is 0 Å². The summed E-state index contributed by atoms with van der Waals surface area (Å²) in [5, 5.41) is 2.27. The molecule has 0 aromatic carbocycles. The van der Waals surface area contributed by atoms with Gasteiger partial charge >= 0.3 is 0 Å². The van der Waals surface area contributed by atoms with E-state index < -0.39 is 17.9 Å². The number of amides is 1. The Morgan fingerprint density at radius 2 is 2.36 bits per heavy atom. The van der Waals surface area contributed by atoms with Gasteiger partial charge in [0.25, 0.3) is 5.92 Å². The maximum Gasteiger partial charge on any atom is 0.267 e. The van der Waals surface area contributed by atoms with Crippen molar-refractivity contribution in [3.8, 4) is 0 Å². The largest absolute Gasteiger partial charge is 0.344 e. The molecule has 1 aliphatic rings. The molecular formula is C9H14F2N2O. The predicted molar refractivity (Wildman–Crippen MR) is 48.9 cm³/mol. The lowest BCUT2D eigenvalue weighted by molar-refractivity contribution is -0.120. The lowest BCUT2D eigenvalue weighted by atomic mass is 10.2. The molecule has 1 rings (SSSR count). The molecular weight excluding hydrogens is 190 g/mol. The second-order valence-electron chi connectivity index (χ2n) is 3.35. The quantitative estimate of drug-likeness (QED) is 0.668. The van der Waals surface area contributed by atoms with Crippen molar-refractivity contribution in [3.63, 3.8) is 0 Å². The average Bonchev–Trinajstić information content (AvgIpc) is 2.43. The number of nitrogens with one attached hydrogen (secondary N) is 1. The van der Waals surface area contributed by atoms with Crippen molar-refractivity contribution in [2.75, 3.05) is 6.54 Å². The monoisotopic (exact) mass is 204 g/mol. The lowest BCUT2D eigenvalue weighted by Crippen LogP contribution is -2.43. The molecule has 1 atom stereocenters. The molecule has 0 saturated heterocycles. The maximum absolute atomic E-state index is 13.0. The lowest BCUT2D eigenvalue weighted by Gasteiger charge is -2.19. The third kappa shape index (κ3) is 2.77. The fourth-order valence-electron chi connectivity index (χ4n) is 1.50. The Balaban J connectivity index is 2.44. The summed E-state index contributed by atoms with van der Waals surface area (Å²) in [7, 11) is 0. The summed E-state index contributed by atoms with van der Waals surface area (Å²) in [6.45, 7) is 0.231. The van der Waals surface area contributed by atoms with Crippen LogP contribution in [0.5, 0.6) is 0 Å². The molecule has 1 fully saturated rings. The van der Waals surface area contributed by atoms with E-state index in [1.807, 2.05) is 0 Å². The fraction of sp³-hybridized carbons (Fsp3) is 0.667. The number of carbonyl (C=O) groups excluding carboxylic acids is 1. The maximum atomic E-state index is 13.0. The molecule has 1 aliphatic carbocycles. The molecule has 3 N–H and O–H groups in total. The van der Waals surface area contributed by atoms with Crippen LogP contribution < -0.4 is 11.1 Å². The topological polar surface area (TPSA) is 55.1 Å². The Kier molecular flexibility index (Phi) is 3.57. The van der Waals surface area contributed by atoms with Crippen LogP contribution in [-0.2, 0) is 4.79 Å². The van der Waals surface area contributed by atoms with Gasteiger partial charge in [-0.05, 0) is 12.8 Å². The highest BCUT2D eigenvalue weighted by Gasteiger charge is 2.44. The van der Waals surface area contributed by atoms with Gasteiger partial charge in [-0.3, -0.25) is 4.79 Å². The SMILES string of the molecule is NC/C=C/C(=O)NC1CCCC1(F)F. The summed E-state index contributed by atoms with van der Waals surface area (Å²) in [6, 6.07) is -1.02. The minimum atomic E-state index is -2.76. The molecule has 0 bridgehead atoms. The van der Waals surface area contributed by atoms with E-state index in [0.29, 0.717) is 12.8 Å². The standard InChI is InChI=1S/C9H14F2N2O/c10-9(11)5-1-3-7(9)13-8(14)4-2-6-12/h2,4,7H,1,3,5-6,12H2,(H,13,14)/b4-2+. The third-order valence-electron chi connectivity index (χ3n) is 2.23. The molecule has 1 saturated carbocycles. The first-order chi connectivity index (χ1) is 6.56. The number of carbonyl (C=O) groups is 1.